The summed E-state index contributed by atoms with van der Waals surface area (Å²) in [6.45, 7) is 0.763. The van der Waals surface area contributed by atoms with Crippen molar-refractivity contribution in [3.63, 3.8) is 0 Å². The summed E-state index contributed by atoms with van der Waals surface area (Å²) < 4.78 is 63.2. The van der Waals surface area contributed by atoms with Crippen LogP contribution in [0.25, 0.3) is 16.9 Å². The molecule has 1 aliphatic rings. The van der Waals surface area contributed by atoms with Crippen molar-refractivity contribution in [2.75, 3.05) is 6.61 Å². The second-order valence-electron chi connectivity index (χ2n) is 9.03. The second-order valence-corrected chi connectivity index (χ2v) is 9.47. The predicted molar refractivity (Wildman–Crippen MR) is 129 cm³/mol. The van der Waals surface area contributed by atoms with Gasteiger partial charge in [0.15, 0.2) is 5.82 Å². The molecule has 0 bridgehead atoms. The van der Waals surface area contributed by atoms with E-state index in [9.17, 15) is 32.9 Å². The molecular formula is C25H22ClF4N5O4. The molecule has 3 heterocycles. The van der Waals surface area contributed by atoms with E-state index in [4.69, 9.17) is 16.3 Å². The smallest absolute Gasteiger partial charge is 0.394 e. The number of halogens is 5. The number of aryl methyl sites for hydroxylation is 1. The number of benzene rings is 2. The van der Waals surface area contributed by atoms with Crippen LogP contribution in [0.2, 0.25) is 5.02 Å². The minimum absolute atomic E-state index is 0.00478. The molecule has 39 heavy (non-hydrogen) atoms. The molecule has 0 saturated carbocycles. The Labute approximate surface area is 223 Å². The number of aromatic nitrogens is 5. The molecule has 4 aromatic rings. The van der Waals surface area contributed by atoms with Gasteiger partial charge in [-0.05, 0) is 43.3 Å². The van der Waals surface area contributed by atoms with Gasteiger partial charge in [-0.1, -0.05) is 23.7 Å². The largest absolute Gasteiger partial charge is 0.418 e. The highest BCUT2D eigenvalue weighted by molar-refractivity contribution is 6.30. The quantitative estimate of drug-likeness (QED) is 0.315. The van der Waals surface area contributed by atoms with Crippen molar-refractivity contribution in [3.8, 4) is 16.9 Å². The second kappa shape index (κ2) is 10.3. The van der Waals surface area contributed by atoms with Crippen LogP contribution in [0.5, 0.6) is 0 Å². The molecule has 2 aromatic carbocycles. The summed E-state index contributed by atoms with van der Waals surface area (Å²) in [5.74, 6) is -0.618. The van der Waals surface area contributed by atoms with E-state index in [1.54, 1.807) is 12.1 Å². The van der Waals surface area contributed by atoms with Gasteiger partial charge in [-0.15, -0.1) is 0 Å². The maximum Gasteiger partial charge on any atom is 0.418 e. The predicted octanol–water partition coefficient (Wildman–Crippen LogP) is 3.65. The number of ether oxygens (including phenoxy) is 1. The standard InChI is InChI=1S/C25H22ClF4N5O4/c1-12-31-24(35(32-12)18-10-14(26)5-6-16(18)25(28,29)30)23-22(38)20(21(37)19(11-36)39-23)34-8-7-17(33-34)13-3-2-4-15(27)9-13/h2-10,19-23,36-38H,11H2,1H3/t19-,20+,21+,22-,23-/m1/s1. The van der Waals surface area contributed by atoms with E-state index in [0.29, 0.717) is 11.3 Å². The fourth-order valence-electron chi connectivity index (χ4n) is 4.65. The van der Waals surface area contributed by atoms with Crippen molar-refractivity contribution < 1.29 is 37.6 Å². The first-order valence-corrected chi connectivity index (χ1v) is 12.1. The van der Waals surface area contributed by atoms with Crippen LogP contribution in [-0.4, -0.2) is 64.8 Å². The van der Waals surface area contributed by atoms with Crippen LogP contribution in [0, 0.1) is 12.7 Å². The first-order chi connectivity index (χ1) is 18.5. The molecule has 1 fully saturated rings. The maximum absolute atomic E-state index is 13.9. The highest BCUT2D eigenvalue weighted by Crippen LogP contribution is 2.41. The zero-order chi connectivity index (χ0) is 28.1. The lowest BCUT2D eigenvalue weighted by Gasteiger charge is -2.42. The highest BCUT2D eigenvalue weighted by atomic mass is 35.5. The van der Waals surface area contributed by atoms with Gasteiger partial charge < -0.3 is 20.1 Å². The average molecular weight is 568 g/mol. The topological polar surface area (TPSA) is 118 Å². The van der Waals surface area contributed by atoms with Gasteiger partial charge in [0, 0.05) is 16.8 Å². The lowest BCUT2D eigenvalue weighted by atomic mass is 9.92. The Balaban J connectivity index is 1.58. The lowest BCUT2D eigenvalue weighted by Crippen LogP contribution is -2.53. The summed E-state index contributed by atoms with van der Waals surface area (Å²) in [6.07, 6.45) is -9.12. The number of rotatable bonds is 5. The van der Waals surface area contributed by atoms with Gasteiger partial charge in [0.05, 0.1) is 23.6 Å². The molecule has 3 N–H and O–H groups in total. The van der Waals surface area contributed by atoms with E-state index < -0.39 is 60.3 Å². The van der Waals surface area contributed by atoms with Crippen LogP contribution in [0.3, 0.4) is 0 Å². The summed E-state index contributed by atoms with van der Waals surface area (Å²) in [5.41, 5.74) is -0.719. The minimum Gasteiger partial charge on any atom is -0.394 e. The third-order valence-corrected chi connectivity index (χ3v) is 6.65. The fraction of sp³-hybridized carbons (Fsp3) is 0.320. The first kappa shape index (κ1) is 27.2. The molecule has 2 aromatic heterocycles. The Bertz CT molecular complexity index is 1490. The van der Waals surface area contributed by atoms with Crippen molar-refractivity contribution in [1.82, 2.24) is 24.5 Å². The molecule has 9 nitrogen and oxygen atoms in total. The summed E-state index contributed by atoms with van der Waals surface area (Å²) in [6, 6.07) is 8.92. The molecule has 5 rings (SSSR count). The van der Waals surface area contributed by atoms with Crippen LogP contribution >= 0.6 is 11.6 Å². The molecular weight excluding hydrogens is 546 g/mol. The van der Waals surface area contributed by atoms with Crippen LogP contribution < -0.4 is 0 Å². The summed E-state index contributed by atoms with van der Waals surface area (Å²) in [4.78, 5) is 4.22. The van der Waals surface area contributed by atoms with E-state index in [1.807, 2.05) is 0 Å². The van der Waals surface area contributed by atoms with Crippen LogP contribution in [0.15, 0.2) is 54.7 Å². The fourth-order valence-corrected chi connectivity index (χ4v) is 4.81. The average Bonchev–Trinajstić information content (AvgIpc) is 3.51. The number of aliphatic hydroxyl groups is 3. The van der Waals surface area contributed by atoms with Gasteiger partial charge in [0.1, 0.15) is 42.1 Å². The Hall–Kier alpha value is -3.36. The SMILES string of the molecule is Cc1nc([C@@H]2O[C@H](CO)[C@H](O)[C@H](n3ccc(-c4cccc(F)c4)n3)[C@H]2O)n(-c2cc(Cl)ccc2C(F)(F)F)n1. The van der Waals surface area contributed by atoms with Gasteiger partial charge in [0.25, 0.3) is 0 Å². The summed E-state index contributed by atoms with van der Waals surface area (Å²) in [5, 5.41) is 40.7. The van der Waals surface area contributed by atoms with Gasteiger partial charge in [-0.3, -0.25) is 4.68 Å². The Morgan fingerprint density at radius 3 is 2.51 bits per heavy atom. The maximum atomic E-state index is 13.9. The summed E-state index contributed by atoms with van der Waals surface area (Å²) in [7, 11) is 0. The number of hydrogen-bond donors (Lipinski definition) is 3. The van der Waals surface area contributed by atoms with E-state index in [2.05, 4.69) is 15.2 Å². The molecule has 1 aliphatic heterocycles. The molecule has 0 unspecified atom stereocenters. The highest BCUT2D eigenvalue weighted by Gasteiger charge is 2.48. The van der Waals surface area contributed by atoms with Crippen molar-refractivity contribution >= 4 is 11.6 Å². The van der Waals surface area contributed by atoms with Crippen LogP contribution in [0.4, 0.5) is 17.6 Å². The normalized spacial score (nSPS) is 23.8. The van der Waals surface area contributed by atoms with Crippen LogP contribution in [-0.2, 0) is 10.9 Å². The molecule has 0 aliphatic carbocycles. The Morgan fingerprint density at radius 1 is 1.05 bits per heavy atom. The van der Waals surface area contributed by atoms with E-state index in [0.717, 1.165) is 22.9 Å². The Morgan fingerprint density at radius 2 is 1.82 bits per heavy atom. The monoisotopic (exact) mass is 567 g/mol. The van der Waals surface area contributed by atoms with Gasteiger partial charge in [-0.2, -0.15) is 23.4 Å². The molecule has 5 atom stereocenters. The number of alkyl halides is 3. The molecule has 1 saturated heterocycles. The van der Waals surface area contributed by atoms with E-state index in [-0.39, 0.29) is 16.7 Å². The van der Waals surface area contributed by atoms with Crippen molar-refractivity contribution in [3.05, 3.63) is 82.8 Å². The number of aliphatic hydroxyl groups excluding tert-OH is 3. The van der Waals surface area contributed by atoms with E-state index in [1.165, 1.54) is 36.0 Å². The van der Waals surface area contributed by atoms with Crippen LogP contribution in [0.1, 0.15) is 29.4 Å². The zero-order valence-electron chi connectivity index (χ0n) is 20.2. The summed E-state index contributed by atoms with van der Waals surface area (Å²) >= 11 is 6.01. The molecule has 206 valence electrons. The number of nitrogens with zero attached hydrogens (tertiary/aromatic N) is 5. The first-order valence-electron chi connectivity index (χ1n) is 11.7. The minimum atomic E-state index is -4.77. The molecule has 0 radical (unpaired) electrons. The third kappa shape index (κ3) is 5.15. The van der Waals surface area contributed by atoms with Gasteiger partial charge in [0.2, 0.25) is 0 Å². The number of hydrogen-bond acceptors (Lipinski definition) is 7. The molecule has 14 heteroatoms. The van der Waals surface area contributed by atoms with Gasteiger partial charge in [-0.25, -0.2) is 14.1 Å². The molecule has 0 amide bonds. The third-order valence-electron chi connectivity index (χ3n) is 6.41. The zero-order valence-corrected chi connectivity index (χ0v) is 20.9. The lowest BCUT2D eigenvalue weighted by molar-refractivity contribution is -0.210. The van der Waals surface area contributed by atoms with Crippen molar-refractivity contribution in [2.45, 2.75) is 43.6 Å². The van der Waals surface area contributed by atoms with Gasteiger partial charge >= 0.3 is 6.18 Å². The molecule has 0 spiro atoms. The van der Waals surface area contributed by atoms with E-state index >= 15 is 0 Å². The Kier molecular flexibility index (Phi) is 7.20. The van der Waals surface area contributed by atoms with Crippen molar-refractivity contribution in [2.24, 2.45) is 0 Å². The van der Waals surface area contributed by atoms with Crippen molar-refractivity contribution in [1.29, 1.82) is 0 Å².